The Hall–Kier alpha value is -2.11. The van der Waals surface area contributed by atoms with Crippen molar-refractivity contribution in [2.75, 3.05) is 5.32 Å². The number of anilines is 2. The first-order valence-corrected chi connectivity index (χ1v) is 6.38. The van der Waals surface area contributed by atoms with Crippen LogP contribution in [0.1, 0.15) is 45.5 Å². The molecule has 0 aliphatic carbocycles. The van der Waals surface area contributed by atoms with E-state index < -0.39 is 0 Å². The van der Waals surface area contributed by atoms with Gasteiger partial charge in [0.05, 0.1) is 11.9 Å². The zero-order chi connectivity index (χ0) is 14.0. The second kappa shape index (κ2) is 5.26. The smallest absolute Gasteiger partial charge is 0.252 e. The van der Waals surface area contributed by atoms with Gasteiger partial charge in [-0.25, -0.2) is 4.98 Å². The summed E-state index contributed by atoms with van der Waals surface area (Å²) in [6, 6.07) is 1.74. The summed E-state index contributed by atoms with van der Waals surface area (Å²) >= 11 is 0. The van der Waals surface area contributed by atoms with Gasteiger partial charge < -0.3 is 10.3 Å². The number of H-pyrrole nitrogens is 1. The summed E-state index contributed by atoms with van der Waals surface area (Å²) in [7, 11) is 0. The molecule has 6 heteroatoms. The lowest BCUT2D eigenvalue weighted by molar-refractivity contribution is 0.532. The molecule has 2 heterocycles. The summed E-state index contributed by atoms with van der Waals surface area (Å²) < 4.78 is 1.85. The maximum atomic E-state index is 11.6. The Morgan fingerprint density at radius 2 is 2.05 bits per heavy atom. The van der Waals surface area contributed by atoms with E-state index in [4.69, 9.17) is 0 Å². The second-order valence-electron chi connectivity index (χ2n) is 5.10. The van der Waals surface area contributed by atoms with Gasteiger partial charge in [-0.15, -0.1) is 0 Å². The molecule has 2 aromatic rings. The number of aromatic amines is 1. The summed E-state index contributed by atoms with van der Waals surface area (Å²) in [6.07, 6.45) is 3.61. The van der Waals surface area contributed by atoms with Crippen LogP contribution in [0.4, 0.5) is 11.5 Å². The van der Waals surface area contributed by atoms with Crippen LogP contribution in [0.3, 0.4) is 0 Å². The SMILES string of the molecule is CC(C)c1nc(Nc2cnn(C(C)C)c2)cc(=O)[nH]1. The van der Waals surface area contributed by atoms with Gasteiger partial charge in [-0.05, 0) is 13.8 Å². The Morgan fingerprint density at radius 3 is 2.63 bits per heavy atom. The van der Waals surface area contributed by atoms with Crippen molar-refractivity contribution in [2.24, 2.45) is 0 Å². The number of aromatic nitrogens is 4. The van der Waals surface area contributed by atoms with Crippen LogP contribution in [0.2, 0.25) is 0 Å². The van der Waals surface area contributed by atoms with Crippen LogP contribution in [0.15, 0.2) is 23.3 Å². The summed E-state index contributed by atoms with van der Waals surface area (Å²) in [5.74, 6) is 1.38. The first kappa shape index (κ1) is 13.3. The van der Waals surface area contributed by atoms with Crippen LogP contribution in [0, 0.1) is 0 Å². The van der Waals surface area contributed by atoms with Crippen LogP contribution < -0.4 is 10.9 Å². The van der Waals surface area contributed by atoms with Crippen molar-refractivity contribution >= 4 is 11.5 Å². The van der Waals surface area contributed by atoms with E-state index >= 15 is 0 Å². The fourth-order valence-corrected chi connectivity index (χ4v) is 1.65. The molecule has 0 saturated carbocycles. The quantitative estimate of drug-likeness (QED) is 0.886. The summed E-state index contributed by atoms with van der Waals surface area (Å²) in [5.41, 5.74) is 0.666. The minimum Gasteiger partial charge on any atom is -0.337 e. The van der Waals surface area contributed by atoms with Gasteiger partial charge in [0.2, 0.25) is 0 Å². The Bertz CT molecular complexity index is 611. The molecular formula is C13H19N5O. The molecule has 0 unspecified atom stereocenters. The van der Waals surface area contributed by atoms with Crippen molar-refractivity contribution in [2.45, 2.75) is 39.7 Å². The molecule has 0 aliphatic heterocycles. The highest BCUT2D eigenvalue weighted by atomic mass is 16.1. The number of nitrogens with one attached hydrogen (secondary N) is 2. The maximum absolute atomic E-state index is 11.6. The van der Waals surface area contributed by atoms with E-state index in [9.17, 15) is 4.79 Å². The molecule has 6 nitrogen and oxygen atoms in total. The first-order valence-electron chi connectivity index (χ1n) is 6.38. The van der Waals surface area contributed by atoms with Crippen molar-refractivity contribution in [1.29, 1.82) is 0 Å². The van der Waals surface area contributed by atoms with Crippen molar-refractivity contribution in [3.8, 4) is 0 Å². The predicted molar refractivity (Wildman–Crippen MR) is 74.8 cm³/mol. The molecule has 0 aromatic carbocycles. The topological polar surface area (TPSA) is 75.6 Å². The minimum atomic E-state index is -0.155. The normalized spacial score (nSPS) is 11.3. The monoisotopic (exact) mass is 261 g/mol. The van der Waals surface area contributed by atoms with Gasteiger partial charge in [0.1, 0.15) is 11.6 Å². The van der Waals surface area contributed by atoms with Gasteiger partial charge >= 0.3 is 0 Å². The molecule has 0 spiro atoms. The van der Waals surface area contributed by atoms with Crippen molar-refractivity contribution in [1.82, 2.24) is 19.7 Å². The fourth-order valence-electron chi connectivity index (χ4n) is 1.65. The number of hydrogen-bond acceptors (Lipinski definition) is 4. The summed E-state index contributed by atoms with van der Waals surface area (Å²) in [4.78, 5) is 18.7. The maximum Gasteiger partial charge on any atom is 0.252 e. The third-order valence-electron chi connectivity index (χ3n) is 2.71. The third kappa shape index (κ3) is 3.21. The van der Waals surface area contributed by atoms with Crippen LogP contribution in [-0.2, 0) is 0 Å². The van der Waals surface area contributed by atoms with E-state index in [0.717, 1.165) is 5.69 Å². The van der Waals surface area contributed by atoms with E-state index in [2.05, 4.69) is 34.2 Å². The Kier molecular flexibility index (Phi) is 3.69. The number of rotatable bonds is 4. The number of nitrogens with zero attached hydrogens (tertiary/aromatic N) is 3. The van der Waals surface area contributed by atoms with Crippen molar-refractivity contribution < 1.29 is 0 Å². The van der Waals surface area contributed by atoms with E-state index in [-0.39, 0.29) is 11.5 Å². The number of hydrogen-bond donors (Lipinski definition) is 2. The zero-order valence-electron chi connectivity index (χ0n) is 11.6. The molecule has 0 fully saturated rings. The van der Waals surface area contributed by atoms with Gasteiger partial charge in [-0.1, -0.05) is 13.8 Å². The molecule has 2 N–H and O–H groups in total. The average molecular weight is 261 g/mol. The highest BCUT2D eigenvalue weighted by Crippen LogP contribution is 2.16. The van der Waals surface area contributed by atoms with E-state index in [0.29, 0.717) is 17.7 Å². The zero-order valence-corrected chi connectivity index (χ0v) is 11.6. The molecule has 19 heavy (non-hydrogen) atoms. The van der Waals surface area contributed by atoms with Gasteiger partial charge in [-0.2, -0.15) is 5.10 Å². The highest BCUT2D eigenvalue weighted by Gasteiger charge is 2.07. The van der Waals surface area contributed by atoms with Gasteiger partial charge in [0.25, 0.3) is 5.56 Å². The molecule has 0 aliphatic rings. The van der Waals surface area contributed by atoms with E-state index in [1.165, 1.54) is 6.07 Å². The molecule has 2 aromatic heterocycles. The standard InChI is InChI=1S/C13H19N5O/c1-8(2)13-16-11(5-12(19)17-13)15-10-6-14-18(7-10)9(3)4/h5-9H,1-4H3,(H2,15,16,17,19). The first-order chi connectivity index (χ1) is 8.95. The molecule has 0 radical (unpaired) electrons. The van der Waals surface area contributed by atoms with Crippen LogP contribution in [0.25, 0.3) is 0 Å². The molecule has 0 saturated heterocycles. The molecule has 0 amide bonds. The van der Waals surface area contributed by atoms with Crippen LogP contribution >= 0.6 is 0 Å². The lowest BCUT2D eigenvalue weighted by atomic mass is 10.2. The molecule has 0 atom stereocenters. The van der Waals surface area contributed by atoms with Gasteiger partial charge in [0, 0.05) is 24.2 Å². The van der Waals surface area contributed by atoms with Crippen molar-refractivity contribution in [3.05, 3.63) is 34.6 Å². The van der Waals surface area contributed by atoms with Crippen molar-refractivity contribution in [3.63, 3.8) is 0 Å². The summed E-state index contributed by atoms with van der Waals surface area (Å²) in [6.45, 7) is 8.08. The largest absolute Gasteiger partial charge is 0.337 e. The third-order valence-corrected chi connectivity index (χ3v) is 2.71. The predicted octanol–water partition coefficient (Wildman–Crippen LogP) is 2.41. The lowest BCUT2D eigenvalue weighted by Gasteiger charge is -2.07. The highest BCUT2D eigenvalue weighted by molar-refractivity contribution is 5.53. The molecule has 2 rings (SSSR count). The minimum absolute atomic E-state index is 0.155. The fraction of sp³-hybridized carbons (Fsp3) is 0.462. The van der Waals surface area contributed by atoms with Crippen LogP contribution in [-0.4, -0.2) is 19.7 Å². The lowest BCUT2D eigenvalue weighted by Crippen LogP contribution is -2.13. The molecule has 102 valence electrons. The Morgan fingerprint density at radius 1 is 1.32 bits per heavy atom. The Balaban J connectivity index is 2.25. The average Bonchev–Trinajstić information content (AvgIpc) is 2.76. The van der Waals surface area contributed by atoms with Crippen LogP contribution in [0.5, 0.6) is 0 Å². The molecular weight excluding hydrogens is 242 g/mol. The van der Waals surface area contributed by atoms with Gasteiger partial charge in [-0.3, -0.25) is 9.48 Å². The van der Waals surface area contributed by atoms with E-state index in [1.54, 1.807) is 6.20 Å². The Labute approximate surface area is 111 Å². The molecule has 0 bridgehead atoms. The summed E-state index contributed by atoms with van der Waals surface area (Å²) in [5, 5.41) is 7.33. The van der Waals surface area contributed by atoms with E-state index in [1.807, 2.05) is 24.7 Å². The second-order valence-corrected chi connectivity index (χ2v) is 5.10. The van der Waals surface area contributed by atoms with Gasteiger partial charge in [0.15, 0.2) is 0 Å².